The fraction of sp³-hybridized carbons (Fsp3) is 0.444. The number of rotatable bonds is 6. The van der Waals surface area contributed by atoms with Gasteiger partial charge in [-0.1, -0.05) is 30.3 Å². The van der Waals surface area contributed by atoms with Gasteiger partial charge in [0.25, 0.3) is 0 Å². The van der Waals surface area contributed by atoms with Crippen molar-refractivity contribution in [3.63, 3.8) is 0 Å². The fourth-order valence-corrected chi connectivity index (χ4v) is 2.24. The first kappa shape index (κ1) is 22.9. The van der Waals surface area contributed by atoms with E-state index in [0.29, 0.717) is 12.5 Å². The standard InChI is InChI=1S/C18H27N7O.HI/c1-13(15-9-7-6-8-10-15)21-18(20-12-17(26)24(3)4)19-11-16-23-22-14(2)25(16)5;/h6-10,13H,11-12H2,1-5H3,(H2,19,20,21);1H. The largest absolute Gasteiger partial charge is 0.350 e. The van der Waals surface area contributed by atoms with E-state index in [4.69, 9.17) is 0 Å². The lowest BCUT2D eigenvalue weighted by molar-refractivity contribution is -0.127. The van der Waals surface area contributed by atoms with Crippen LogP contribution in [0.1, 0.15) is 30.2 Å². The summed E-state index contributed by atoms with van der Waals surface area (Å²) >= 11 is 0. The second-order valence-electron chi connectivity index (χ2n) is 6.31. The zero-order valence-electron chi connectivity index (χ0n) is 16.4. The molecule has 1 atom stereocenters. The molecule has 0 spiro atoms. The van der Waals surface area contributed by atoms with Crippen LogP contribution in [0.3, 0.4) is 0 Å². The zero-order valence-corrected chi connectivity index (χ0v) is 18.8. The average Bonchev–Trinajstić information content (AvgIpc) is 2.96. The fourth-order valence-electron chi connectivity index (χ4n) is 2.24. The van der Waals surface area contributed by atoms with E-state index in [9.17, 15) is 4.79 Å². The van der Waals surface area contributed by atoms with Crippen LogP contribution in [0.25, 0.3) is 0 Å². The lowest BCUT2D eigenvalue weighted by Crippen LogP contribution is -2.43. The Balaban J connectivity index is 0.00000364. The number of carbonyl (C=O) groups is 1. The van der Waals surface area contributed by atoms with Gasteiger partial charge in [-0.05, 0) is 19.4 Å². The second-order valence-corrected chi connectivity index (χ2v) is 6.31. The Morgan fingerprint density at radius 3 is 2.48 bits per heavy atom. The molecule has 1 unspecified atom stereocenters. The summed E-state index contributed by atoms with van der Waals surface area (Å²) in [7, 11) is 5.36. The molecule has 2 N–H and O–H groups in total. The van der Waals surface area contributed by atoms with Crippen LogP contribution in [0.5, 0.6) is 0 Å². The molecule has 2 aromatic rings. The second kappa shape index (κ2) is 10.9. The molecule has 0 saturated carbocycles. The van der Waals surface area contributed by atoms with Crippen LogP contribution in [-0.2, 0) is 18.4 Å². The van der Waals surface area contributed by atoms with Crippen molar-refractivity contribution in [1.82, 2.24) is 30.3 Å². The van der Waals surface area contributed by atoms with Gasteiger partial charge in [0.2, 0.25) is 5.91 Å². The maximum Gasteiger partial charge on any atom is 0.241 e. The number of nitrogens with zero attached hydrogens (tertiary/aromatic N) is 5. The Kier molecular flexibility index (Phi) is 9.19. The maximum absolute atomic E-state index is 11.9. The summed E-state index contributed by atoms with van der Waals surface area (Å²) in [5, 5.41) is 14.6. The number of benzene rings is 1. The predicted octanol–water partition coefficient (Wildman–Crippen LogP) is 1.63. The summed E-state index contributed by atoms with van der Waals surface area (Å²) in [5.41, 5.74) is 1.13. The number of aryl methyl sites for hydroxylation is 1. The Bertz CT molecular complexity index is 758. The van der Waals surface area contributed by atoms with Gasteiger partial charge in [0.15, 0.2) is 11.8 Å². The van der Waals surface area contributed by atoms with E-state index in [-0.39, 0.29) is 42.5 Å². The molecule has 2 rings (SSSR count). The van der Waals surface area contributed by atoms with Gasteiger partial charge in [-0.3, -0.25) is 4.79 Å². The molecule has 1 aromatic heterocycles. The van der Waals surface area contributed by atoms with Crippen molar-refractivity contribution < 1.29 is 4.79 Å². The number of guanidine groups is 1. The van der Waals surface area contributed by atoms with Crippen LogP contribution in [-0.4, -0.2) is 52.2 Å². The van der Waals surface area contributed by atoms with Gasteiger partial charge >= 0.3 is 0 Å². The molecular weight excluding hydrogens is 457 g/mol. The number of likely N-dealkylation sites (N-methyl/N-ethyl adjacent to an activating group) is 1. The number of aromatic nitrogens is 3. The van der Waals surface area contributed by atoms with E-state index in [1.807, 2.05) is 55.8 Å². The number of nitrogens with one attached hydrogen (secondary N) is 2. The summed E-state index contributed by atoms with van der Waals surface area (Å²) in [6.45, 7) is 4.47. The smallest absolute Gasteiger partial charge is 0.241 e. The minimum absolute atomic E-state index is 0. The Morgan fingerprint density at radius 2 is 1.93 bits per heavy atom. The van der Waals surface area contributed by atoms with Gasteiger partial charge in [0, 0.05) is 21.1 Å². The first-order valence-corrected chi connectivity index (χ1v) is 8.53. The van der Waals surface area contributed by atoms with E-state index in [2.05, 4.69) is 25.8 Å². The SMILES string of the molecule is Cc1nnc(CN=C(NCC(=O)N(C)C)NC(C)c2ccccc2)n1C.I. The summed E-state index contributed by atoms with van der Waals surface area (Å²) in [6, 6.07) is 10.1. The lowest BCUT2D eigenvalue weighted by atomic mass is 10.1. The van der Waals surface area contributed by atoms with Crippen LogP contribution < -0.4 is 10.6 Å². The van der Waals surface area contributed by atoms with Crippen molar-refractivity contribution in [1.29, 1.82) is 0 Å². The van der Waals surface area contributed by atoms with Crippen molar-refractivity contribution in [2.45, 2.75) is 26.4 Å². The van der Waals surface area contributed by atoms with Crippen molar-refractivity contribution in [2.24, 2.45) is 12.0 Å². The molecule has 0 bridgehead atoms. The molecule has 27 heavy (non-hydrogen) atoms. The molecule has 0 fully saturated rings. The molecule has 1 aromatic carbocycles. The number of aliphatic imine (C=N–C) groups is 1. The highest BCUT2D eigenvalue weighted by atomic mass is 127. The quantitative estimate of drug-likeness (QED) is 0.369. The molecular formula is C18H28IN7O. The third-order valence-corrected chi connectivity index (χ3v) is 4.12. The van der Waals surface area contributed by atoms with E-state index in [1.54, 1.807) is 14.1 Å². The molecule has 0 aliphatic rings. The van der Waals surface area contributed by atoms with Crippen molar-refractivity contribution >= 4 is 35.8 Å². The van der Waals surface area contributed by atoms with Crippen LogP contribution in [0, 0.1) is 6.92 Å². The zero-order chi connectivity index (χ0) is 19.1. The minimum Gasteiger partial charge on any atom is -0.350 e. The Hall–Kier alpha value is -2.17. The summed E-state index contributed by atoms with van der Waals surface area (Å²) in [4.78, 5) is 18.0. The topological polar surface area (TPSA) is 87.4 Å². The highest BCUT2D eigenvalue weighted by Gasteiger charge is 2.11. The average molecular weight is 485 g/mol. The van der Waals surface area contributed by atoms with Crippen LogP contribution in [0.15, 0.2) is 35.3 Å². The van der Waals surface area contributed by atoms with Crippen molar-refractivity contribution in [3.8, 4) is 0 Å². The third-order valence-electron chi connectivity index (χ3n) is 4.12. The van der Waals surface area contributed by atoms with Crippen molar-refractivity contribution in [3.05, 3.63) is 47.5 Å². The lowest BCUT2D eigenvalue weighted by Gasteiger charge is -2.19. The number of halogens is 1. The maximum atomic E-state index is 11.9. The van der Waals surface area contributed by atoms with Gasteiger partial charge in [-0.2, -0.15) is 0 Å². The molecule has 1 heterocycles. The molecule has 9 heteroatoms. The van der Waals surface area contributed by atoms with E-state index < -0.39 is 0 Å². The molecule has 0 radical (unpaired) electrons. The van der Waals surface area contributed by atoms with Gasteiger partial charge in [0.05, 0.1) is 12.6 Å². The third kappa shape index (κ3) is 6.81. The highest BCUT2D eigenvalue weighted by Crippen LogP contribution is 2.11. The summed E-state index contributed by atoms with van der Waals surface area (Å²) < 4.78 is 1.90. The normalized spacial score (nSPS) is 12.1. The van der Waals surface area contributed by atoms with E-state index in [0.717, 1.165) is 17.2 Å². The first-order chi connectivity index (χ1) is 12.4. The van der Waals surface area contributed by atoms with E-state index in [1.165, 1.54) is 4.90 Å². The van der Waals surface area contributed by atoms with Crippen LogP contribution >= 0.6 is 24.0 Å². The molecule has 8 nitrogen and oxygen atoms in total. The monoisotopic (exact) mass is 485 g/mol. The first-order valence-electron chi connectivity index (χ1n) is 8.53. The van der Waals surface area contributed by atoms with Gasteiger partial charge in [0.1, 0.15) is 12.4 Å². The van der Waals surface area contributed by atoms with Gasteiger partial charge < -0.3 is 20.1 Å². The minimum atomic E-state index is -0.0265. The molecule has 148 valence electrons. The number of hydrogen-bond acceptors (Lipinski definition) is 4. The molecule has 0 aliphatic heterocycles. The number of carbonyl (C=O) groups excluding carboxylic acids is 1. The number of hydrogen-bond donors (Lipinski definition) is 2. The van der Waals surface area contributed by atoms with Crippen LogP contribution in [0.4, 0.5) is 0 Å². The molecule has 1 amide bonds. The van der Waals surface area contributed by atoms with Crippen molar-refractivity contribution in [2.75, 3.05) is 20.6 Å². The summed E-state index contributed by atoms with van der Waals surface area (Å²) in [6.07, 6.45) is 0. The summed E-state index contributed by atoms with van der Waals surface area (Å²) in [5.74, 6) is 2.12. The predicted molar refractivity (Wildman–Crippen MR) is 117 cm³/mol. The Morgan fingerprint density at radius 1 is 1.26 bits per heavy atom. The molecule has 0 aliphatic carbocycles. The van der Waals surface area contributed by atoms with E-state index >= 15 is 0 Å². The highest BCUT2D eigenvalue weighted by molar-refractivity contribution is 14.0. The molecule has 0 saturated heterocycles. The Labute approximate surface area is 177 Å². The van der Waals surface area contributed by atoms with Gasteiger partial charge in [-0.25, -0.2) is 4.99 Å². The van der Waals surface area contributed by atoms with Crippen LogP contribution in [0.2, 0.25) is 0 Å². The number of amides is 1. The van der Waals surface area contributed by atoms with Gasteiger partial charge in [-0.15, -0.1) is 34.2 Å².